The van der Waals surface area contributed by atoms with Crippen LogP contribution in [0.2, 0.25) is 19.6 Å². The van der Waals surface area contributed by atoms with E-state index < -0.39 is 8.07 Å². The third-order valence-corrected chi connectivity index (χ3v) is 2.98. The monoisotopic (exact) mass is 185 g/mol. The predicted molar refractivity (Wildman–Crippen MR) is 60.8 cm³/mol. The molecule has 0 aliphatic rings. The van der Waals surface area contributed by atoms with Gasteiger partial charge in [-0.05, 0) is 12.3 Å². The van der Waals surface area contributed by atoms with Crippen LogP contribution in [0.25, 0.3) is 0 Å². The SMILES string of the molecule is C/C(=N\C[Si](C)(C)C)C(C)(C)C. The Kier molecular flexibility index (Phi) is 3.70. The molecule has 72 valence electrons. The third-order valence-electron chi connectivity index (χ3n) is 1.88. The second-order valence-electron chi connectivity index (χ2n) is 5.71. The first-order chi connectivity index (χ1) is 5.13. The summed E-state index contributed by atoms with van der Waals surface area (Å²) in [6.07, 6.45) is 1.07. The van der Waals surface area contributed by atoms with Crippen LogP contribution in [-0.2, 0) is 0 Å². The molecular formula is C10H23NSi. The Balaban J connectivity index is 4.21. The molecule has 0 fully saturated rings. The summed E-state index contributed by atoms with van der Waals surface area (Å²) in [5, 5.41) is 0. The molecule has 2 heteroatoms. The average molecular weight is 185 g/mol. The zero-order chi connectivity index (χ0) is 9.99. The topological polar surface area (TPSA) is 12.4 Å². The van der Waals surface area contributed by atoms with E-state index in [9.17, 15) is 0 Å². The van der Waals surface area contributed by atoms with Crippen LogP contribution in [0.3, 0.4) is 0 Å². The summed E-state index contributed by atoms with van der Waals surface area (Å²) in [7, 11) is -0.986. The van der Waals surface area contributed by atoms with Gasteiger partial charge in [-0.3, -0.25) is 4.99 Å². The van der Waals surface area contributed by atoms with Gasteiger partial charge < -0.3 is 0 Å². The number of hydrogen-bond donors (Lipinski definition) is 0. The van der Waals surface area contributed by atoms with E-state index in [1.807, 2.05) is 0 Å². The van der Waals surface area contributed by atoms with Crippen molar-refractivity contribution in [3.8, 4) is 0 Å². The molecule has 0 aromatic heterocycles. The lowest BCUT2D eigenvalue weighted by Gasteiger charge is -2.20. The number of aliphatic imine (C=N–C) groups is 1. The molecule has 0 saturated carbocycles. The lowest BCUT2D eigenvalue weighted by atomic mass is 9.91. The van der Waals surface area contributed by atoms with Crippen LogP contribution >= 0.6 is 0 Å². The second kappa shape index (κ2) is 3.73. The molecule has 0 unspecified atom stereocenters. The lowest BCUT2D eigenvalue weighted by Crippen LogP contribution is -2.27. The fourth-order valence-electron chi connectivity index (χ4n) is 0.593. The highest BCUT2D eigenvalue weighted by molar-refractivity contribution is 6.76. The minimum absolute atomic E-state index is 0.250. The first-order valence-corrected chi connectivity index (χ1v) is 8.35. The van der Waals surface area contributed by atoms with Crippen LogP contribution in [-0.4, -0.2) is 20.0 Å². The summed E-state index contributed by atoms with van der Waals surface area (Å²) in [5.74, 6) is 0. The maximum Gasteiger partial charge on any atom is 0.0692 e. The predicted octanol–water partition coefficient (Wildman–Crippen LogP) is 3.37. The van der Waals surface area contributed by atoms with Gasteiger partial charge in [0.25, 0.3) is 0 Å². The van der Waals surface area contributed by atoms with Crippen molar-refractivity contribution in [2.75, 3.05) is 6.17 Å². The van der Waals surface area contributed by atoms with Gasteiger partial charge in [-0.2, -0.15) is 0 Å². The van der Waals surface area contributed by atoms with Crippen molar-refractivity contribution in [1.82, 2.24) is 0 Å². The quantitative estimate of drug-likeness (QED) is 0.462. The van der Waals surface area contributed by atoms with Crippen molar-refractivity contribution in [1.29, 1.82) is 0 Å². The van der Waals surface area contributed by atoms with Gasteiger partial charge in [-0.25, -0.2) is 0 Å². The maximum absolute atomic E-state index is 4.65. The van der Waals surface area contributed by atoms with Crippen LogP contribution in [0.15, 0.2) is 4.99 Å². The van der Waals surface area contributed by atoms with Crippen LogP contribution < -0.4 is 0 Å². The zero-order valence-electron chi connectivity index (χ0n) is 9.65. The van der Waals surface area contributed by atoms with Crippen LogP contribution in [0.5, 0.6) is 0 Å². The number of hydrogen-bond acceptors (Lipinski definition) is 1. The van der Waals surface area contributed by atoms with Crippen LogP contribution in [0, 0.1) is 5.41 Å². The highest BCUT2D eigenvalue weighted by Crippen LogP contribution is 2.16. The molecule has 0 aromatic rings. The molecule has 0 radical (unpaired) electrons. The van der Waals surface area contributed by atoms with E-state index in [1.165, 1.54) is 5.71 Å². The Bertz CT molecular complexity index is 169. The molecule has 0 aliphatic carbocycles. The Morgan fingerprint density at radius 2 is 1.58 bits per heavy atom. The smallest absolute Gasteiger partial charge is 0.0692 e. The Morgan fingerprint density at radius 1 is 1.17 bits per heavy atom. The van der Waals surface area contributed by atoms with Gasteiger partial charge in [0.05, 0.1) is 8.07 Å². The van der Waals surface area contributed by atoms with E-state index in [1.54, 1.807) is 0 Å². The van der Waals surface area contributed by atoms with Crippen LogP contribution in [0.1, 0.15) is 27.7 Å². The van der Waals surface area contributed by atoms with Gasteiger partial charge in [-0.15, -0.1) is 0 Å². The fourth-order valence-corrected chi connectivity index (χ4v) is 1.30. The average Bonchev–Trinajstić information content (AvgIpc) is 1.78. The highest BCUT2D eigenvalue weighted by Gasteiger charge is 2.16. The molecule has 1 nitrogen and oxygen atoms in total. The summed E-state index contributed by atoms with van der Waals surface area (Å²) >= 11 is 0. The summed E-state index contributed by atoms with van der Waals surface area (Å²) in [5.41, 5.74) is 1.53. The molecule has 0 saturated heterocycles. The van der Waals surface area contributed by atoms with Crippen molar-refractivity contribution in [3.63, 3.8) is 0 Å². The van der Waals surface area contributed by atoms with E-state index >= 15 is 0 Å². The number of nitrogens with zero attached hydrogens (tertiary/aromatic N) is 1. The van der Waals surface area contributed by atoms with E-state index in [4.69, 9.17) is 0 Å². The first-order valence-electron chi connectivity index (χ1n) is 4.64. The summed E-state index contributed by atoms with van der Waals surface area (Å²) < 4.78 is 0. The third kappa shape index (κ3) is 5.53. The second-order valence-corrected chi connectivity index (χ2v) is 11.1. The van der Waals surface area contributed by atoms with E-state index in [0.29, 0.717) is 0 Å². The summed E-state index contributed by atoms with van der Waals surface area (Å²) in [6.45, 7) is 15.9. The Hall–Kier alpha value is -0.113. The van der Waals surface area contributed by atoms with Gasteiger partial charge in [0, 0.05) is 11.9 Å². The van der Waals surface area contributed by atoms with E-state index in [0.717, 1.165) is 6.17 Å². The van der Waals surface area contributed by atoms with Crippen molar-refractivity contribution < 1.29 is 0 Å². The first kappa shape index (κ1) is 11.9. The minimum atomic E-state index is -0.986. The molecular weight excluding hydrogens is 162 g/mol. The lowest BCUT2D eigenvalue weighted by molar-refractivity contribution is 0.586. The molecule has 0 aliphatic heterocycles. The summed E-state index contributed by atoms with van der Waals surface area (Å²) in [4.78, 5) is 4.65. The van der Waals surface area contributed by atoms with Gasteiger partial charge in [0.2, 0.25) is 0 Å². The zero-order valence-corrected chi connectivity index (χ0v) is 10.7. The molecule has 0 bridgehead atoms. The molecule has 0 amide bonds. The molecule has 0 N–H and O–H groups in total. The van der Waals surface area contributed by atoms with Gasteiger partial charge in [-0.1, -0.05) is 40.4 Å². The largest absolute Gasteiger partial charge is 0.297 e. The van der Waals surface area contributed by atoms with Gasteiger partial charge in [0.15, 0.2) is 0 Å². The van der Waals surface area contributed by atoms with Crippen molar-refractivity contribution in [2.45, 2.75) is 47.3 Å². The number of rotatable bonds is 2. The standard InChI is InChI=1S/C10H23NSi/c1-9(10(2,3)4)11-8-12(5,6)7/h8H2,1-7H3/b11-9+. The maximum atomic E-state index is 4.65. The molecule has 0 aromatic carbocycles. The molecule has 0 heterocycles. The van der Waals surface area contributed by atoms with Crippen LogP contribution in [0.4, 0.5) is 0 Å². The van der Waals surface area contributed by atoms with Crippen molar-refractivity contribution in [3.05, 3.63) is 0 Å². The minimum Gasteiger partial charge on any atom is -0.297 e. The molecule has 0 atom stereocenters. The fraction of sp³-hybridized carbons (Fsp3) is 0.900. The van der Waals surface area contributed by atoms with E-state index in [2.05, 4.69) is 52.3 Å². The Morgan fingerprint density at radius 3 is 1.83 bits per heavy atom. The molecule has 12 heavy (non-hydrogen) atoms. The normalized spacial score (nSPS) is 15.1. The van der Waals surface area contributed by atoms with E-state index in [-0.39, 0.29) is 5.41 Å². The molecule has 0 rings (SSSR count). The highest BCUT2D eigenvalue weighted by atomic mass is 28.3. The van der Waals surface area contributed by atoms with Gasteiger partial charge >= 0.3 is 0 Å². The summed E-state index contributed by atoms with van der Waals surface area (Å²) in [6, 6.07) is 0. The van der Waals surface area contributed by atoms with Crippen molar-refractivity contribution in [2.24, 2.45) is 10.4 Å². The Labute approximate surface area is 78.3 Å². The molecule has 0 spiro atoms. The van der Waals surface area contributed by atoms with Crippen molar-refractivity contribution >= 4 is 13.8 Å². The van der Waals surface area contributed by atoms with Gasteiger partial charge in [0.1, 0.15) is 0 Å².